The molecule has 0 aliphatic carbocycles. The molecular formula is C14H15NO4S. The van der Waals surface area contributed by atoms with Crippen LogP contribution in [-0.4, -0.2) is 30.8 Å². The second kappa shape index (κ2) is 4.62. The van der Waals surface area contributed by atoms with E-state index in [1.54, 1.807) is 25.1 Å². The van der Waals surface area contributed by atoms with Crippen LogP contribution in [0.1, 0.15) is 25.0 Å². The number of amides is 1. The Morgan fingerprint density at radius 2 is 2.00 bits per heavy atom. The Morgan fingerprint density at radius 1 is 1.35 bits per heavy atom. The van der Waals surface area contributed by atoms with Crippen molar-refractivity contribution >= 4 is 21.6 Å². The summed E-state index contributed by atoms with van der Waals surface area (Å²) in [4.78, 5) is 12.0. The molecule has 20 heavy (non-hydrogen) atoms. The Labute approximate surface area is 118 Å². The lowest BCUT2D eigenvalue weighted by molar-refractivity contribution is -0.120. The number of aryl methyl sites for hydroxylation is 1. The molecule has 1 fully saturated rings. The third-order valence-electron chi connectivity index (χ3n) is 3.31. The minimum Gasteiger partial charge on any atom is -0.384 e. The zero-order valence-electron chi connectivity index (χ0n) is 11.5. The molecule has 0 unspecified atom stereocenters. The van der Waals surface area contributed by atoms with Crippen molar-refractivity contribution < 1.29 is 18.3 Å². The summed E-state index contributed by atoms with van der Waals surface area (Å²) >= 11 is 0. The van der Waals surface area contributed by atoms with E-state index in [9.17, 15) is 13.2 Å². The summed E-state index contributed by atoms with van der Waals surface area (Å²) in [6.07, 6.45) is 0. The lowest BCUT2D eigenvalue weighted by Gasteiger charge is -2.43. The van der Waals surface area contributed by atoms with Gasteiger partial charge in [-0.2, -0.15) is 0 Å². The fourth-order valence-corrected chi connectivity index (χ4v) is 3.54. The van der Waals surface area contributed by atoms with Gasteiger partial charge in [-0.05, 0) is 44.5 Å². The van der Waals surface area contributed by atoms with E-state index < -0.39 is 20.7 Å². The van der Waals surface area contributed by atoms with Gasteiger partial charge in [-0.1, -0.05) is 11.8 Å². The van der Waals surface area contributed by atoms with Gasteiger partial charge in [0.1, 0.15) is 6.61 Å². The number of carbonyl (C=O) groups is 1. The molecule has 2 rings (SSSR count). The van der Waals surface area contributed by atoms with Crippen LogP contribution in [0.5, 0.6) is 0 Å². The number of benzene rings is 1. The summed E-state index contributed by atoms with van der Waals surface area (Å²) in [6.45, 7) is 4.27. The molecule has 1 heterocycles. The number of hydrogen-bond acceptors (Lipinski definition) is 4. The maximum atomic E-state index is 12.1. The van der Waals surface area contributed by atoms with Gasteiger partial charge in [0, 0.05) is 5.56 Å². The topological polar surface area (TPSA) is 74.7 Å². The average Bonchev–Trinajstić information content (AvgIpc) is 2.38. The Kier molecular flexibility index (Phi) is 3.36. The van der Waals surface area contributed by atoms with Crippen molar-refractivity contribution in [3.05, 3.63) is 29.3 Å². The van der Waals surface area contributed by atoms with Crippen molar-refractivity contribution in [3.8, 4) is 11.8 Å². The maximum Gasteiger partial charge on any atom is 0.263 e. The SMILES string of the molecule is Cc1cc(C#CCO)ccc1N1C(=O)C(C)(C)S1(=O)=O. The van der Waals surface area contributed by atoms with E-state index in [4.69, 9.17) is 5.11 Å². The van der Waals surface area contributed by atoms with Gasteiger partial charge in [0.25, 0.3) is 15.9 Å². The molecule has 1 saturated heterocycles. The highest BCUT2D eigenvalue weighted by atomic mass is 32.2. The van der Waals surface area contributed by atoms with E-state index in [1.165, 1.54) is 13.8 Å². The smallest absolute Gasteiger partial charge is 0.263 e. The number of sulfonamides is 1. The van der Waals surface area contributed by atoms with Crippen LogP contribution in [0.2, 0.25) is 0 Å². The number of rotatable bonds is 1. The molecule has 0 saturated carbocycles. The van der Waals surface area contributed by atoms with Gasteiger partial charge in [0.05, 0.1) is 5.69 Å². The van der Waals surface area contributed by atoms with Gasteiger partial charge in [-0.15, -0.1) is 0 Å². The van der Waals surface area contributed by atoms with E-state index in [0.717, 1.165) is 4.31 Å². The minimum absolute atomic E-state index is 0.242. The first-order chi connectivity index (χ1) is 9.23. The molecule has 106 valence electrons. The summed E-state index contributed by atoms with van der Waals surface area (Å²) in [5.41, 5.74) is 1.65. The molecule has 1 aromatic carbocycles. The molecule has 1 N–H and O–H groups in total. The van der Waals surface area contributed by atoms with Gasteiger partial charge >= 0.3 is 0 Å². The quantitative estimate of drug-likeness (QED) is 0.777. The highest BCUT2D eigenvalue weighted by molar-refractivity contribution is 7.98. The largest absolute Gasteiger partial charge is 0.384 e. The van der Waals surface area contributed by atoms with Crippen molar-refractivity contribution in [2.75, 3.05) is 10.9 Å². The molecule has 5 nitrogen and oxygen atoms in total. The number of aliphatic hydroxyl groups excluding tert-OH is 1. The predicted octanol–water partition coefficient (Wildman–Crippen LogP) is 0.794. The normalized spacial score (nSPS) is 19.0. The summed E-state index contributed by atoms with van der Waals surface area (Å²) in [5.74, 6) is 4.81. The summed E-state index contributed by atoms with van der Waals surface area (Å²) in [7, 11) is -3.65. The van der Waals surface area contributed by atoms with Crippen LogP contribution in [-0.2, 0) is 14.8 Å². The molecular weight excluding hydrogens is 278 g/mol. The molecule has 0 aromatic heterocycles. The first kappa shape index (κ1) is 14.6. The number of hydrogen-bond donors (Lipinski definition) is 1. The molecule has 1 amide bonds. The van der Waals surface area contributed by atoms with Crippen molar-refractivity contribution in [1.29, 1.82) is 0 Å². The zero-order chi connectivity index (χ0) is 15.1. The standard InChI is InChI=1S/C14H15NO4S/c1-10-9-11(5-4-8-16)6-7-12(10)15-13(17)14(2,3)20(15,18)19/h6-7,9,16H,8H2,1-3H3. The highest BCUT2D eigenvalue weighted by Crippen LogP contribution is 2.40. The van der Waals surface area contributed by atoms with E-state index in [0.29, 0.717) is 16.8 Å². The molecule has 0 atom stereocenters. The van der Waals surface area contributed by atoms with Gasteiger partial charge in [-0.25, -0.2) is 12.7 Å². The molecule has 6 heteroatoms. The van der Waals surface area contributed by atoms with E-state index in [2.05, 4.69) is 11.8 Å². The van der Waals surface area contributed by atoms with Gasteiger partial charge in [0.2, 0.25) is 0 Å². The lowest BCUT2D eigenvalue weighted by Crippen LogP contribution is -2.67. The van der Waals surface area contributed by atoms with Crippen LogP contribution in [0.4, 0.5) is 5.69 Å². The predicted molar refractivity (Wildman–Crippen MR) is 75.6 cm³/mol. The highest BCUT2D eigenvalue weighted by Gasteiger charge is 2.61. The molecule has 0 bridgehead atoms. The summed E-state index contributed by atoms with van der Waals surface area (Å²) in [6, 6.07) is 4.87. The van der Waals surface area contributed by atoms with Crippen LogP contribution < -0.4 is 4.31 Å². The molecule has 1 aliphatic heterocycles. The van der Waals surface area contributed by atoms with E-state index in [1.807, 2.05) is 0 Å². The molecule has 1 aliphatic rings. The van der Waals surface area contributed by atoms with Gasteiger partial charge in [0.15, 0.2) is 4.75 Å². The fourth-order valence-electron chi connectivity index (χ4n) is 1.99. The molecule has 0 radical (unpaired) electrons. The maximum absolute atomic E-state index is 12.1. The molecule has 0 spiro atoms. The lowest BCUT2D eigenvalue weighted by atomic mass is 10.1. The Hall–Kier alpha value is -1.84. The van der Waals surface area contributed by atoms with Crippen LogP contribution in [0, 0.1) is 18.8 Å². The summed E-state index contributed by atoms with van der Waals surface area (Å²) < 4.78 is 23.7. The number of carbonyl (C=O) groups excluding carboxylic acids is 1. The van der Waals surface area contributed by atoms with Crippen LogP contribution in [0.15, 0.2) is 18.2 Å². The Balaban J connectivity index is 2.44. The molecule has 1 aromatic rings. The first-order valence-corrected chi connectivity index (χ1v) is 7.47. The van der Waals surface area contributed by atoms with Crippen molar-refractivity contribution in [2.24, 2.45) is 0 Å². The third-order valence-corrected chi connectivity index (χ3v) is 5.62. The summed E-state index contributed by atoms with van der Waals surface area (Å²) in [5, 5.41) is 8.64. The first-order valence-electron chi connectivity index (χ1n) is 6.03. The average molecular weight is 293 g/mol. The number of aliphatic hydroxyl groups is 1. The van der Waals surface area contributed by atoms with Crippen molar-refractivity contribution in [3.63, 3.8) is 0 Å². The van der Waals surface area contributed by atoms with E-state index >= 15 is 0 Å². The number of anilines is 1. The Bertz CT molecular complexity index is 738. The Morgan fingerprint density at radius 3 is 2.50 bits per heavy atom. The number of nitrogens with zero attached hydrogens (tertiary/aromatic N) is 1. The third kappa shape index (κ3) is 1.90. The van der Waals surface area contributed by atoms with E-state index in [-0.39, 0.29) is 6.61 Å². The van der Waals surface area contributed by atoms with Crippen molar-refractivity contribution in [1.82, 2.24) is 0 Å². The zero-order valence-corrected chi connectivity index (χ0v) is 12.3. The fraction of sp³-hybridized carbons (Fsp3) is 0.357. The van der Waals surface area contributed by atoms with Crippen molar-refractivity contribution in [2.45, 2.75) is 25.5 Å². The monoisotopic (exact) mass is 293 g/mol. The van der Waals surface area contributed by atoms with Gasteiger partial charge < -0.3 is 5.11 Å². The van der Waals surface area contributed by atoms with Crippen LogP contribution in [0.25, 0.3) is 0 Å². The van der Waals surface area contributed by atoms with Crippen LogP contribution >= 0.6 is 0 Å². The minimum atomic E-state index is -3.65. The van der Waals surface area contributed by atoms with Crippen LogP contribution in [0.3, 0.4) is 0 Å². The second-order valence-corrected chi connectivity index (χ2v) is 7.38. The second-order valence-electron chi connectivity index (χ2n) is 5.05. The van der Waals surface area contributed by atoms with Gasteiger partial charge in [-0.3, -0.25) is 4.79 Å².